The maximum Gasteiger partial charge on any atom is 0.416 e. The maximum absolute atomic E-state index is 13.5. The molecule has 2 fully saturated rings. The summed E-state index contributed by atoms with van der Waals surface area (Å²) in [6, 6.07) is 12.4. The van der Waals surface area contributed by atoms with Crippen LogP contribution in [0.2, 0.25) is 0 Å². The van der Waals surface area contributed by atoms with Crippen LogP contribution in [0.15, 0.2) is 59.5 Å². The van der Waals surface area contributed by atoms with Crippen molar-refractivity contribution in [1.82, 2.24) is 10.2 Å². The molecule has 1 amide bonds. The summed E-state index contributed by atoms with van der Waals surface area (Å²) in [7, 11) is -3.59. The molecule has 1 N–H and O–H groups in total. The Morgan fingerprint density at radius 3 is 2.45 bits per heavy atom. The summed E-state index contributed by atoms with van der Waals surface area (Å²) in [5, 5.41) is 3.54. The quantitative estimate of drug-likeness (QED) is 0.383. The van der Waals surface area contributed by atoms with Gasteiger partial charge in [-0.3, -0.25) is 9.59 Å². The summed E-state index contributed by atoms with van der Waals surface area (Å²) in [6.45, 7) is 5.44. The number of carbonyl (C=O) groups excluding carboxylic acids is 2. The minimum Gasteiger partial charge on any atom is -0.339 e. The van der Waals surface area contributed by atoms with E-state index in [2.05, 4.69) is 19.2 Å². The number of hydrogen-bond donors (Lipinski definition) is 1. The highest BCUT2D eigenvalue weighted by atomic mass is 32.2. The van der Waals surface area contributed by atoms with Crippen LogP contribution in [0.4, 0.5) is 13.2 Å². The third kappa shape index (κ3) is 7.32. The molecule has 0 aromatic heterocycles. The van der Waals surface area contributed by atoms with E-state index >= 15 is 0 Å². The van der Waals surface area contributed by atoms with Gasteiger partial charge in [0, 0.05) is 36.5 Å². The molecule has 0 unspecified atom stereocenters. The van der Waals surface area contributed by atoms with Crippen LogP contribution in [-0.2, 0) is 20.8 Å². The van der Waals surface area contributed by atoms with Gasteiger partial charge >= 0.3 is 6.18 Å². The summed E-state index contributed by atoms with van der Waals surface area (Å²) in [6.07, 6.45) is -2.26. The number of benzene rings is 2. The van der Waals surface area contributed by atoms with Gasteiger partial charge in [0.1, 0.15) is 0 Å². The van der Waals surface area contributed by atoms with Gasteiger partial charge < -0.3 is 10.2 Å². The largest absolute Gasteiger partial charge is 0.416 e. The lowest BCUT2D eigenvalue weighted by molar-refractivity contribution is -0.137. The Morgan fingerprint density at radius 2 is 1.77 bits per heavy atom. The van der Waals surface area contributed by atoms with Crippen molar-refractivity contribution in [1.29, 1.82) is 0 Å². The minimum atomic E-state index is -4.56. The molecule has 1 aliphatic carbocycles. The molecule has 1 saturated heterocycles. The van der Waals surface area contributed by atoms with E-state index < -0.39 is 33.3 Å². The predicted molar refractivity (Wildman–Crippen MR) is 146 cm³/mol. The van der Waals surface area contributed by atoms with Crippen molar-refractivity contribution in [3.8, 4) is 0 Å². The summed E-state index contributed by atoms with van der Waals surface area (Å²) < 4.78 is 66.0. The van der Waals surface area contributed by atoms with Gasteiger partial charge in [0.05, 0.1) is 16.2 Å². The molecule has 10 heteroatoms. The zero-order valence-corrected chi connectivity index (χ0v) is 23.7. The highest BCUT2D eigenvalue weighted by molar-refractivity contribution is 7.91. The third-order valence-electron chi connectivity index (χ3n) is 7.99. The lowest BCUT2D eigenvalue weighted by Gasteiger charge is -2.41. The molecule has 6 nitrogen and oxygen atoms in total. The number of amides is 1. The highest BCUT2D eigenvalue weighted by Crippen LogP contribution is 2.36. The Balaban J connectivity index is 1.49. The highest BCUT2D eigenvalue weighted by Gasteiger charge is 2.43. The molecule has 0 radical (unpaired) electrons. The van der Waals surface area contributed by atoms with Crippen molar-refractivity contribution in [2.24, 2.45) is 17.8 Å². The molecule has 2 aliphatic rings. The first-order chi connectivity index (χ1) is 18.8. The third-order valence-corrected chi connectivity index (χ3v) is 9.85. The van der Waals surface area contributed by atoms with Gasteiger partial charge in [-0.05, 0) is 68.3 Å². The number of ketones is 1. The van der Waals surface area contributed by atoms with Gasteiger partial charge in [0.15, 0.2) is 15.6 Å². The average Bonchev–Trinajstić information content (AvgIpc) is 3.26. The summed E-state index contributed by atoms with van der Waals surface area (Å²) in [5.41, 5.74) is -0.965. The van der Waals surface area contributed by atoms with Gasteiger partial charge in [-0.15, -0.1) is 0 Å². The average molecular weight is 579 g/mol. The number of likely N-dealkylation sites (tertiary alicyclic amines) is 1. The number of nitrogens with zero attached hydrogens (tertiary/aromatic N) is 1. The Bertz CT molecular complexity index is 1300. The molecular weight excluding hydrogens is 541 g/mol. The fourth-order valence-corrected chi connectivity index (χ4v) is 7.61. The van der Waals surface area contributed by atoms with Gasteiger partial charge in [0.2, 0.25) is 5.91 Å². The molecule has 4 atom stereocenters. The van der Waals surface area contributed by atoms with Crippen molar-refractivity contribution >= 4 is 21.5 Å². The molecule has 1 saturated carbocycles. The molecule has 40 heavy (non-hydrogen) atoms. The topological polar surface area (TPSA) is 83.6 Å². The second-order valence-electron chi connectivity index (χ2n) is 11.5. The SMILES string of the molecule is CC(C)CN[C@@H]1CC[C@H](N2CC[C@@H](CC(=O)c3cccc(C(F)(F)F)c3)C2=O)[C@H](CS(=O)(=O)c2ccccc2)C1. The Labute approximate surface area is 234 Å². The number of hydrogen-bond acceptors (Lipinski definition) is 5. The number of alkyl halides is 3. The normalized spacial score (nSPS) is 24.1. The smallest absolute Gasteiger partial charge is 0.339 e. The van der Waals surface area contributed by atoms with Gasteiger partial charge in [-0.1, -0.05) is 44.2 Å². The van der Waals surface area contributed by atoms with Gasteiger partial charge in [-0.25, -0.2) is 8.42 Å². The molecule has 218 valence electrons. The first kappa shape index (κ1) is 30.2. The van der Waals surface area contributed by atoms with E-state index in [1.165, 1.54) is 12.1 Å². The monoisotopic (exact) mass is 578 g/mol. The van der Waals surface area contributed by atoms with E-state index in [9.17, 15) is 31.2 Å². The van der Waals surface area contributed by atoms with E-state index in [-0.39, 0.29) is 46.5 Å². The molecule has 0 spiro atoms. The molecule has 1 heterocycles. The number of rotatable bonds is 10. The number of halogens is 3. The number of Topliss-reactive ketones (excluding diaryl/α,β-unsaturated/α-hetero) is 1. The molecule has 4 rings (SSSR count). The summed E-state index contributed by atoms with van der Waals surface area (Å²) in [5.74, 6) is -1.29. The van der Waals surface area contributed by atoms with E-state index in [4.69, 9.17) is 0 Å². The second-order valence-corrected chi connectivity index (χ2v) is 13.5. The first-order valence-corrected chi connectivity index (χ1v) is 15.5. The number of nitrogens with one attached hydrogen (secondary N) is 1. The van der Waals surface area contributed by atoms with Crippen molar-refractivity contribution in [2.45, 2.75) is 69.1 Å². The molecule has 2 aromatic carbocycles. The second kappa shape index (κ2) is 12.4. The molecule has 0 bridgehead atoms. The van der Waals surface area contributed by atoms with Crippen LogP contribution in [0.5, 0.6) is 0 Å². The van der Waals surface area contributed by atoms with Crippen molar-refractivity contribution in [2.75, 3.05) is 18.8 Å². The zero-order chi connectivity index (χ0) is 29.1. The zero-order valence-electron chi connectivity index (χ0n) is 22.9. The standard InChI is InChI=1S/C30H37F3N2O4S/c1-20(2)18-34-25-11-12-27(23(16-25)19-40(38,39)26-9-4-3-5-10-26)35-14-13-22(29(35)37)17-28(36)21-7-6-8-24(15-21)30(31,32)33/h3-10,15,20,22-23,25,27,34H,11-14,16-19H2,1-2H3/t22-,23-,25+,27-/m0/s1. The van der Waals surface area contributed by atoms with Crippen molar-refractivity contribution in [3.05, 3.63) is 65.7 Å². The van der Waals surface area contributed by atoms with Gasteiger partial charge in [0.25, 0.3) is 0 Å². The van der Waals surface area contributed by atoms with Crippen LogP contribution in [0.3, 0.4) is 0 Å². The van der Waals surface area contributed by atoms with Crippen molar-refractivity contribution < 1.29 is 31.2 Å². The lowest BCUT2D eigenvalue weighted by Crippen LogP contribution is -2.51. The van der Waals surface area contributed by atoms with Crippen LogP contribution < -0.4 is 5.32 Å². The van der Waals surface area contributed by atoms with E-state index in [0.29, 0.717) is 31.7 Å². The van der Waals surface area contributed by atoms with Crippen molar-refractivity contribution in [3.63, 3.8) is 0 Å². The van der Waals surface area contributed by atoms with E-state index in [0.717, 1.165) is 25.1 Å². The Morgan fingerprint density at radius 1 is 1.05 bits per heavy atom. The van der Waals surface area contributed by atoms with E-state index in [1.54, 1.807) is 35.2 Å². The van der Waals surface area contributed by atoms with Crippen LogP contribution in [-0.4, -0.2) is 55.9 Å². The Kier molecular flexibility index (Phi) is 9.40. The molecular formula is C30H37F3N2O4S. The maximum atomic E-state index is 13.5. The van der Waals surface area contributed by atoms with Crippen LogP contribution in [0.1, 0.15) is 61.9 Å². The summed E-state index contributed by atoms with van der Waals surface area (Å²) in [4.78, 5) is 28.3. The predicted octanol–water partition coefficient (Wildman–Crippen LogP) is 5.38. The first-order valence-electron chi connectivity index (χ1n) is 13.9. The van der Waals surface area contributed by atoms with Gasteiger partial charge in [-0.2, -0.15) is 13.2 Å². The number of carbonyl (C=O) groups is 2. The van der Waals surface area contributed by atoms with E-state index in [1.807, 2.05) is 0 Å². The van der Waals surface area contributed by atoms with Crippen LogP contribution in [0, 0.1) is 17.8 Å². The fraction of sp³-hybridized carbons (Fsp3) is 0.533. The Hall–Kier alpha value is -2.72. The molecule has 2 aromatic rings. The minimum absolute atomic E-state index is 0.0651. The van der Waals surface area contributed by atoms with Crippen LogP contribution in [0.25, 0.3) is 0 Å². The lowest BCUT2D eigenvalue weighted by atomic mass is 9.81. The molecule has 1 aliphatic heterocycles. The fourth-order valence-electron chi connectivity index (χ4n) is 5.92. The summed E-state index contributed by atoms with van der Waals surface area (Å²) >= 11 is 0. The van der Waals surface area contributed by atoms with Crippen LogP contribution >= 0.6 is 0 Å². The number of sulfone groups is 1.